The average molecular weight is 268 g/mol. The van der Waals surface area contributed by atoms with Crippen molar-refractivity contribution in [2.24, 2.45) is 5.92 Å². The lowest BCUT2D eigenvalue weighted by atomic mass is 9.89. The van der Waals surface area contributed by atoms with E-state index in [2.05, 4.69) is 34.3 Å². The molecule has 0 aromatic carbocycles. The minimum atomic E-state index is 0.891. The summed E-state index contributed by atoms with van der Waals surface area (Å²) in [6.45, 7) is 6.21. The van der Waals surface area contributed by atoms with Crippen molar-refractivity contribution in [1.82, 2.24) is 20.2 Å². The van der Waals surface area contributed by atoms with Crippen molar-refractivity contribution in [3.05, 3.63) is 0 Å². The minimum absolute atomic E-state index is 0.891. The summed E-state index contributed by atoms with van der Waals surface area (Å²) in [6.07, 6.45) is 7.02. The number of nitrogens with zero attached hydrogens (tertiary/aromatic N) is 3. The highest BCUT2D eigenvalue weighted by Gasteiger charge is 2.28. The molecule has 0 unspecified atom stereocenters. The summed E-state index contributed by atoms with van der Waals surface area (Å²) in [5.74, 6) is 0.910. The van der Waals surface area contributed by atoms with Crippen LogP contribution in [0.15, 0.2) is 0 Å². The molecule has 2 fully saturated rings. The van der Waals surface area contributed by atoms with E-state index in [1.807, 2.05) is 7.05 Å². The lowest BCUT2D eigenvalue weighted by molar-refractivity contribution is 0.0675. The van der Waals surface area contributed by atoms with E-state index in [-0.39, 0.29) is 0 Å². The molecule has 0 aromatic heterocycles. The Balaban J connectivity index is 1.75. The van der Waals surface area contributed by atoms with Crippen molar-refractivity contribution in [2.45, 2.75) is 38.1 Å². The Morgan fingerprint density at radius 2 is 1.74 bits per heavy atom. The van der Waals surface area contributed by atoms with Crippen LogP contribution in [0.25, 0.3) is 0 Å². The molecule has 0 radical (unpaired) electrons. The van der Waals surface area contributed by atoms with Gasteiger partial charge in [-0.05, 0) is 52.7 Å². The highest BCUT2D eigenvalue weighted by Crippen LogP contribution is 2.27. The molecule has 4 heteroatoms. The number of hydrogen-bond donors (Lipinski definition) is 1. The molecule has 1 N–H and O–H groups in total. The van der Waals surface area contributed by atoms with Gasteiger partial charge in [-0.25, -0.2) is 5.01 Å². The predicted octanol–water partition coefficient (Wildman–Crippen LogP) is 1.25. The Kier molecular flexibility index (Phi) is 6.07. The topological polar surface area (TPSA) is 21.8 Å². The van der Waals surface area contributed by atoms with E-state index in [9.17, 15) is 0 Å². The predicted molar refractivity (Wildman–Crippen MR) is 81.1 cm³/mol. The van der Waals surface area contributed by atoms with Crippen LogP contribution >= 0.6 is 0 Å². The van der Waals surface area contributed by atoms with Crippen LogP contribution in [0.2, 0.25) is 0 Å². The van der Waals surface area contributed by atoms with Crippen LogP contribution in [-0.4, -0.2) is 74.7 Å². The van der Waals surface area contributed by atoms with Crippen molar-refractivity contribution < 1.29 is 0 Å². The number of hydrogen-bond acceptors (Lipinski definition) is 4. The molecule has 2 aliphatic rings. The molecular formula is C15H32N4. The van der Waals surface area contributed by atoms with Crippen LogP contribution in [0.5, 0.6) is 0 Å². The van der Waals surface area contributed by atoms with Gasteiger partial charge in [0.25, 0.3) is 0 Å². The number of piperidine rings is 1. The van der Waals surface area contributed by atoms with Crippen molar-refractivity contribution in [3.8, 4) is 0 Å². The summed E-state index contributed by atoms with van der Waals surface area (Å²) in [7, 11) is 6.41. The van der Waals surface area contributed by atoms with Crippen LogP contribution in [0.1, 0.15) is 32.1 Å². The van der Waals surface area contributed by atoms with Gasteiger partial charge in [-0.1, -0.05) is 6.42 Å². The molecule has 19 heavy (non-hydrogen) atoms. The number of nitrogens with one attached hydrogen (secondary N) is 1. The van der Waals surface area contributed by atoms with Gasteiger partial charge in [0.1, 0.15) is 0 Å². The summed E-state index contributed by atoms with van der Waals surface area (Å²) in [5, 5.41) is 2.35. The van der Waals surface area contributed by atoms with Crippen LogP contribution in [0.3, 0.4) is 0 Å². The Morgan fingerprint density at radius 3 is 2.21 bits per heavy atom. The molecule has 0 atom stereocenters. The molecule has 4 nitrogen and oxygen atoms in total. The summed E-state index contributed by atoms with van der Waals surface area (Å²) < 4.78 is 0. The van der Waals surface area contributed by atoms with Gasteiger partial charge < -0.3 is 4.90 Å². The molecular weight excluding hydrogens is 236 g/mol. The van der Waals surface area contributed by atoms with E-state index < -0.39 is 0 Å². The summed E-state index contributed by atoms with van der Waals surface area (Å²) in [6, 6.07) is 0.891. The van der Waals surface area contributed by atoms with E-state index in [4.69, 9.17) is 0 Å². The lowest BCUT2D eigenvalue weighted by Crippen LogP contribution is -2.48. The first-order valence-corrected chi connectivity index (χ1v) is 8.00. The second kappa shape index (κ2) is 7.58. The fourth-order valence-corrected chi connectivity index (χ4v) is 3.17. The van der Waals surface area contributed by atoms with E-state index >= 15 is 0 Å². The largest absolute Gasteiger partial charge is 0.308 e. The lowest BCUT2D eigenvalue weighted by Gasteiger charge is -2.41. The van der Waals surface area contributed by atoms with Crippen molar-refractivity contribution in [1.29, 1.82) is 0 Å². The van der Waals surface area contributed by atoms with E-state index in [0.717, 1.165) is 12.0 Å². The minimum Gasteiger partial charge on any atom is -0.308 e. The molecule has 2 rings (SSSR count). The monoisotopic (exact) mass is 268 g/mol. The molecule has 0 amide bonds. The van der Waals surface area contributed by atoms with Gasteiger partial charge in [-0.3, -0.25) is 10.3 Å². The molecule has 0 bridgehead atoms. The van der Waals surface area contributed by atoms with E-state index in [1.54, 1.807) is 0 Å². The molecule has 1 aliphatic carbocycles. The van der Waals surface area contributed by atoms with Gasteiger partial charge in [0, 0.05) is 38.8 Å². The standard InChI is InChI=1S/C15H32N4/c1-16-19-9-7-14(8-10-19)13-18(12-11-17(2)3)15-5-4-6-15/h14-16H,4-13H2,1-3H3. The van der Waals surface area contributed by atoms with Gasteiger partial charge in [-0.2, -0.15) is 0 Å². The van der Waals surface area contributed by atoms with Crippen molar-refractivity contribution >= 4 is 0 Å². The first-order valence-electron chi connectivity index (χ1n) is 8.00. The number of rotatable bonds is 7. The number of likely N-dealkylation sites (N-methyl/N-ethyl adjacent to an activating group) is 1. The molecule has 1 aliphatic heterocycles. The van der Waals surface area contributed by atoms with Crippen LogP contribution in [0, 0.1) is 5.92 Å². The first kappa shape index (κ1) is 15.2. The average Bonchev–Trinajstić information content (AvgIpc) is 2.34. The van der Waals surface area contributed by atoms with Crippen LogP contribution < -0.4 is 5.43 Å². The van der Waals surface area contributed by atoms with Crippen molar-refractivity contribution in [3.63, 3.8) is 0 Å². The third-order valence-electron chi connectivity index (χ3n) is 4.85. The zero-order chi connectivity index (χ0) is 13.7. The summed E-state index contributed by atoms with van der Waals surface area (Å²) in [4.78, 5) is 5.10. The zero-order valence-electron chi connectivity index (χ0n) is 13.1. The van der Waals surface area contributed by atoms with Gasteiger partial charge >= 0.3 is 0 Å². The Bertz CT molecular complexity index is 245. The smallest absolute Gasteiger partial charge is 0.0134 e. The van der Waals surface area contributed by atoms with Gasteiger partial charge in [-0.15, -0.1) is 0 Å². The second-order valence-electron chi connectivity index (χ2n) is 6.54. The summed E-state index contributed by atoms with van der Waals surface area (Å²) >= 11 is 0. The maximum atomic E-state index is 3.28. The van der Waals surface area contributed by atoms with Crippen LogP contribution in [-0.2, 0) is 0 Å². The second-order valence-corrected chi connectivity index (χ2v) is 6.54. The Labute approximate surface area is 119 Å². The van der Waals surface area contributed by atoms with E-state index in [0.29, 0.717) is 0 Å². The third kappa shape index (κ3) is 4.71. The summed E-state index contributed by atoms with van der Waals surface area (Å²) in [5.41, 5.74) is 3.28. The van der Waals surface area contributed by atoms with E-state index in [1.165, 1.54) is 64.8 Å². The molecule has 1 heterocycles. The third-order valence-corrected chi connectivity index (χ3v) is 4.85. The fraction of sp³-hybridized carbons (Fsp3) is 1.00. The van der Waals surface area contributed by atoms with Crippen molar-refractivity contribution in [2.75, 3.05) is 53.9 Å². The van der Waals surface area contributed by atoms with Gasteiger partial charge in [0.15, 0.2) is 0 Å². The highest BCUT2D eigenvalue weighted by atomic mass is 15.5. The normalized spacial score (nSPS) is 23.2. The molecule has 0 spiro atoms. The van der Waals surface area contributed by atoms with Crippen LogP contribution in [0.4, 0.5) is 0 Å². The molecule has 1 saturated heterocycles. The SMILES string of the molecule is CNN1CCC(CN(CCN(C)C)C2CCC2)CC1. The fourth-order valence-electron chi connectivity index (χ4n) is 3.17. The highest BCUT2D eigenvalue weighted by molar-refractivity contribution is 4.83. The zero-order valence-corrected chi connectivity index (χ0v) is 13.1. The Hall–Kier alpha value is -0.160. The van der Waals surface area contributed by atoms with Gasteiger partial charge in [0.2, 0.25) is 0 Å². The molecule has 1 saturated carbocycles. The first-order chi connectivity index (χ1) is 9.19. The number of hydrazine groups is 1. The molecule has 0 aromatic rings. The quantitative estimate of drug-likeness (QED) is 0.750. The van der Waals surface area contributed by atoms with Gasteiger partial charge in [0.05, 0.1) is 0 Å². The maximum Gasteiger partial charge on any atom is 0.0134 e. The Morgan fingerprint density at radius 1 is 1.05 bits per heavy atom. The maximum absolute atomic E-state index is 3.28. The molecule has 112 valence electrons.